The first-order valence-corrected chi connectivity index (χ1v) is 7.62. The molecule has 128 valence electrons. The van der Waals surface area contributed by atoms with Crippen LogP contribution in [0.1, 0.15) is 47.0 Å². The summed E-state index contributed by atoms with van der Waals surface area (Å²) >= 11 is 0. The molecule has 8 nitrogen and oxygen atoms in total. The van der Waals surface area contributed by atoms with E-state index in [0.29, 0.717) is 6.42 Å². The van der Waals surface area contributed by atoms with Gasteiger partial charge in [0.25, 0.3) is 11.9 Å². The van der Waals surface area contributed by atoms with Crippen LogP contribution in [-0.4, -0.2) is 88.0 Å². The summed E-state index contributed by atoms with van der Waals surface area (Å²) in [6.45, 7) is 6.86. The molecular formula is C13H23N2Na2O6P. The van der Waals surface area contributed by atoms with Gasteiger partial charge in [0.2, 0.25) is 5.91 Å². The molecule has 0 bridgehead atoms. The Morgan fingerprint density at radius 3 is 2.21 bits per heavy atom. The minimum atomic E-state index is -1.11. The predicted molar refractivity (Wildman–Crippen MR) is 93.7 cm³/mol. The van der Waals surface area contributed by atoms with Crippen molar-refractivity contribution >= 4 is 91.6 Å². The molecule has 24 heavy (non-hydrogen) atoms. The second kappa shape index (κ2) is 14.4. The third-order valence-electron chi connectivity index (χ3n) is 3.51. The summed E-state index contributed by atoms with van der Waals surface area (Å²) in [5.41, 5.74) is -1.11. The van der Waals surface area contributed by atoms with Crippen LogP contribution < -0.4 is 5.32 Å². The van der Waals surface area contributed by atoms with Crippen LogP contribution in [0.15, 0.2) is 4.99 Å². The number of aliphatic imine (C=N–C) groups is 1. The summed E-state index contributed by atoms with van der Waals surface area (Å²) in [5, 5.41) is 11.3. The van der Waals surface area contributed by atoms with E-state index in [4.69, 9.17) is 5.11 Å². The first kappa shape index (κ1) is 29.0. The fourth-order valence-electron chi connectivity index (χ4n) is 2.36. The Bertz CT molecular complexity index is 489. The van der Waals surface area contributed by atoms with Crippen LogP contribution in [0.2, 0.25) is 0 Å². The molecule has 0 aromatic heterocycles. The van der Waals surface area contributed by atoms with Gasteiger partial charge in [-0.25, -0.2) is 4.57 Å². The molecule has 0 aromatic carbocycles. The second-order valence-electron chi connectivity index (χ2n) is 4.87. The van der Waals surface area contributed by atoms with Crippen molar-refractivity contribution in [3.05, 3.63) is 0 Å². The van der Waals surface area contributed by atoms with E-state index >= 15 is 0 Å². The Morgan fingerprint density at radius 1 is 1.38 bits per heavy atom. The van der Waals surface area contributed by atoms with E-state index in [1.165, 1.54) is 6.92 Å². The molecule has 0 radical (unpaired) electrons. The van der Waals surface area contributed by atoms with Crippen molar-refractivity contribution in [2.45, 2.75) is 47.0 Å². The fourth-order valence-corrected chi connectivity index (χ4v) is 2.47. The summed E-state index contributed by atoms with van der Waals surface area (Å²) in [6, 6.07) is -0.595. The molecule has 1 aliphatic rings. The summed E-state index contributed by atoms with van der Waals surface area (Å²) in [6.07, 6.45) is 2.08. The van der Waals surface area contributed by atoms with Crippen LogP contribution >= 0.6 is 8.69 Å². The molecule has 1 rings (SSSR count). The monoisotopic (exact) mass is 380 g/mol. The fraction of sp³-hybridized carbons (Fsp3) is 0.692. The zero-order valence-electron chi connectivity index (χ0n) is 13.1. The molecule has 0 fully saturated rings. The third kappa shape index (κ3) is 8.04. The zero-order valence-corrected chi connectivity index (χ0v) is 14.0. The van der Waals surface area contributed by atoms with Gasteiger partial charge in [0.1, 0.15) is 5.41 Å². The maximum atomic E-state index is 11.9. The van der Waals surface area contributed by atoms with Crippen LogP contribution in [0.3, 0.4) is 0 Å². The normalized spacial score (nSPS) is 20.2. The molecule has 0 aromatic rings. The first-order valence-electron chi connectivity index (χ1n) is 6.89. The van der Waals surface area contributed by atoms with Crippen molar-refractivity contribution in [1.29, 1.82) is 0 Å². The molecule has 2 amide bonds. The third-order valence-corrected chi connectivity index (χ3v) is 3.84. The maximum absolute atomic E-state index is 11.9. The Labute approximate surface area is 187 Å². The van der Waals surface area contributed by atoms with Gasteiger partial charge in [0.05, 0.1) is 0 Å². The molecule has 1 heterocycles. The summed E-state index contributed by atoms with van der Waals surface area (Å²) in [4.78, 5) is 36.9. The van der Waals surface area contributed by atoms with Crippen LogP contribution in [-0.2, 0) is 23.5 Å². The van der Waals surface area contributed by atoms with Gasteiger partial charge in [0, 0.05) is 6.92 Å². The average Bonchev–Trinajstić information content (AvgIpc) is 2.39. The van der Waals surface area contributed by atoms with Gasteiger partial charge in [-0.1, -0.05) is 27.2 Å². The van der Waals surface area contributed by atoms with E-state index in [1.807, 2.05) is 13.8 Å². The molecule has 2 atom stereocenters. The van der Waals surface area contributed by atoms with Crippen molar-refractivity contribution in [3.63, 3.8) is 0 Å². The number of hydrogen-bond acceptors (Lipinski definition) is 5. The van der Waals surface area contributed by atoms with Gasteiger partial charge < -0.3 is 9.63 Å². The Balaban J connectivity index is -0.000000478. The number of carbonyl (C=O) groups excluding carboxylic acids is 3. The number of hydrogen-bond donors (Lipinski definition) is 2. The number of nitrogens with zero attached hydrogens (tertiary/aromatic N) is 1. The standard InChI is InChI=1S/C11H18N2O3.C2H3O3P.2Na.2H/c1-4-6-7(3)11(5-2)8(14)12-10(16)13-9(11)15;1-2(3)5-6-4;;;;/h7H,4-6H2,1-3H3,(H2,12,13,14,15,16);1H3;;;;. The Kier molecular flexibility index (Phi) is 17.3. The zero-order chi connectivity index (χ0) is 17.3. The van der Waals surface area contributed by atoms with E-state index in [1.54, 1.807) is 6.92 Å². The molecule has 0 saturated heterocycles. The first-order chi connectivity index (χ1) is 10.3. The van der Waals surface area contributed by atoms with Crippen molar-refractivity contribution in [2.75, 3.05) is 0 Å². The SMILES string of the molecule is CC(=O)OP=O.CCCC(C)C1(CC)C(=O)N=C(O)NC1=O.[NaH].[NaH]. The van der Waals surface area contributed by atoms with Crippen molar-refractivity contribution in [2.24, 2.45) is 16.3 Å². The van der Waals surface area contributed by atoms with E-state index in [-0.39, 0.29) is 65.0 Å². The van der Waals surface area contributed by atoms with Crippen molar-refractivity contribution in [1.82, 2.24) is 5.32 Å². The minimum absolute atomic E-state index is 0. The molecular weight excluding hydrogens is 357 g/mol. The number of amidine groups is 1. The van der Waals surface area contributed by atoms with Crippen molar-refractivity contribution < 1.29 is 28.6 Å². The van der Waals surface area contributed by atoms with Gasteiger partial charge in [0.15, 0.2) is 0 Å². The van der Waals surface area contributed by atoms with E-state index in [0.717, 1.165) is 12.8 Å². The quantitative estimate of drug-likeness (QED) is 0.414. The van der Waals surface area contributed by atoms with Gasteiger partial charge in [-0.2, -0.15) is 4.99 Å². The number of rotatable bonds is 5. The van der Waals surface area contributed by atoms with E-state index < -0.39 is 37.9 Å². The molecule has 1 aliphatic heterocycles. The van der Waals surface area contributed by atoms with Gasteiger partial charge in [-0.3, -0.25) is 19.7 Å². The van der Waals surface area contributed by atoms with Crippen LogP contribution in [0, 0.1) is 11.3 Å². The van der Waals surface area contributed by atoms with Gasteiger partial charge >= 0.3 is 73.8 Å². The van der Waals surface area contributed by atoms with Crippen LogP contribution in [0.25, 0.3) is 0 Å². The molecule has 11 heteroatoms. The Morgan fingerprint density at radius 2 is 1.92 bits per heavy atom. The van der Waals surface area contributed by atoms with Crippen LogP contribution in [0.4, 0.5) is 0 Å². The van der Waals surface area contributed by atoms with Gasteiger partial charge in [-0.05, 0) is 18.8 Å². The second-order valence-corrected chi connectivity index (χ2v) is 5.20. The number of carbonyl (C=O) groups is 3. The predicted octanol–water partition coefficient (Wildman–Crippen LogP) is 0.849. The van der Waals surface area contributed by atoms with Crippen molar-refractivity contribution in [3.8, 4) is 0 Å². The molecule has 0 saturated carbocycles. The molecule has 0 aliphatic carbocycles. The topological polar surface area (TPSA) is 122 Å². The number of amides is 2. The molecule has 2 unspecified atom stereocenters. The van der Waals surface area contributed by atoms with E-state index in [9.17, 15) is 18.9 Å². The van der Waals surface area contributed by atoms with Crippen LogP contribution in [0.5, 0.6) is 0 Å². The molecule has 2 N–H and O–H groups in total. The van der Waals surface area contributed by atoms with Gasteiger partial charge in [-0.15, -0.1) is 0 Å². The number of aliphatic hydroxyl groups is 1. The Hall–Kier alpha value is 0.180. The summed E-state index contributed by atoms with van der Waals surface area (Å²) < 4.78 is 13.1. The number of aliphatic hydroxyl groups excluding tert-OH is 1. The molecule has 0 spiro atoms. The summed E-state index contributed by atoms with van der Waals surface area (Å²) in [7, 11) is -0.576. The average molecular weight is 380 g/mol. The van der Waals surface area contributed by atoms with E-state index in [2.05, 4.69) is 14.8 Å². The number of nitrogens with one attached hydrogen (secondary N) is 1. The summed E-state index contributed by atoms with van der Waals surface area (Å²) in [5.74, 6) is -1.58.